The van der Waals surface area contributed by atoms with Gasteiger partial charge in [-0.15, -0.1) is 0 Å². The summed E-state index contributed by atoms with van der Waals surface area (Å²) >= 11 is 5.91. The first kappa shape index (κ1) is 12.5. The number of amides is 1. The van der Waals surface area contributed by atoms with Crippen molar-refractivity contribution in [2.45, 2.75) is 19.8 Å². The molecule has 86 valence electrons. The van der Waals surface area contributed by atoms with Crippen molar-refractivity contribution >= 4 is 29.2 Å². The van der Waals surface area contributed by atoms with Crippen molar-refractivity contribution in [3.8, 4) is 0 Å². The molecule has 0 fully saturated rings. The number of nitrogens with one attached hydrogen (secondary N) is 1. The van der Waals surface area contributed by atoms with Crippen LogP contribution in [0.15, 0.2) is 18.2 Å². The van der Waals surface area contributed by atoms with Gasteiger partial charge in [-0.1, -0.05) is 23.7 Å². The lowest BCUT2D eigenvalue weighted by Crippen LogP contribution is -2.14. The zero-order chi connectivity index (χ0) is 12.1. The predicted molar refractivity (Wildman–Crippen MR) is 61.7 cm³/mol. The third-order valence-electron chi connectivity index (χ3n) is 2.05. The molecule has 0 aliphatic carbocycles. The number of carboxylic acid groups (broad SMARTS) is 1. The highest BCUT2D eigenvalue weighted by atomic mass is 35.5. The van der Waals surface area contributed by atoms with Gasteiger partial charge in [0.1, 0.15) is 0 Å². The molecular weight excluding hydrogens is 230 g/mol. The average Bonchev–Trinajstić information content (AvgIpc) is 2.21. The maximum atomic E-state index is 11.4. The molecule has 1 aromatic carbocycles. The molecule has 0 aliphatic heterocycles. The van der Waals surface area contributed by atoms with Gasteiger partial charge in [0.25, 0.3) is 0 Å². The molecule has 4 nitrogen and oxygen atoms in total. The molecule has 0 heterocycles. The lowest BCUT2D eigenvalue weighted by Gasteiger charge is -2.09. The largest absolute Gasteiger partial charge is 0.481 e. The van der Waals surface area contributed by atoms with Crippen molar-refractivity contribution in [1.29, 1.82) is 0 Å². The SMILES string of the molecule is Cc1cccc(Cl)c1NC(=O)CCC(=O)O. The van der Waals surface area contributed by atoms with Gasteiger partial charge in [0, 0.05) is 6.42 Å². The summed E-state index contributed by atoms with van der Waals surface area (Å²) in [6, 6.07) is 5.27. The number of rotatable bonds is 4. The number of halogens is 1. The fraction of sp³-hybridized carbons (Fsp3) is 0.273. The van der Waals surface area contributed by atoms with Gasteiger partial charge < -0.3 is 10.4 Å². The maximum Gasteiger partial charge on any atom is 0.303 e. The maximum absolute atomic E-state index is 11.4. The third kappa shape index (κ3) is 3.55. The van der Waals surface area contributed by atoms with Gasteiger partial charge in [0.05, 0.1) is 17.1 Å². The second-order valence-corrected chi connectivity index (χ2v) is 3.78. The van der Waals surface area contributed by atoms with Gasteiger partial charge in [-0.3, -0.25) is 9.59 Å². The Balaban J connectivity index is 2.66. The molecule has 1 rings (SSSR count). The smallest absolute Gasteiger partial charge is 0.303 e. The Kier molecular flexibility index (Phi) is 4.31. The molecule has 0 spiro atoms. The van der Waals surface area contributed by atoms with Crippen molar-refractivity contribution in [1.82, 2.24) is 0 Å². The lowest BCUT2D eigenvalue weighted by atomic mass is 10.2. The van der Waals surface area contributed by atoms with Crippen LogP contribution in [0.5, 0.6) is 0 Å². The number of aryl methyl sites for hydroxylation is 1. The second kappa shape index (κ2) is 5.51. The number of para-hydroxylation sites is 1. The highest BCUT2D eigenvalue weighted by Crippen LogP contribution is 2.25. The van der Waals surface area contributed by atoms with Crippen LogP contribution in [0.2, 0.25) is 5.02 Å². The number of benzene rings is 1. The summed E-state index contributed by atoms with van der Waals surface area (Å²) in [6.45, 7) is 1.82. The molecule has 1 amide bonds. The minimum Gasteiger partial charge on any atom is -0.481 e. The molecule has 5 heteroatoms. The summed E-state index contributed by atoms with van der Waals surface area (Å²) in [4.78, 5) is 21.7. The van der Waals surface area contributed by atoms with E-state index in [0.717, 1.165) is 5.56 Å². The summed E-state index contributed by atoms with van der Waals surface area (Å²) in [6.07, 6.45) is -0.241. The Morgan fingerprint density at radius 1 is 1.38 bits per heavy atom. The van der Waals surface area contributed by atoms with Gasteiger partial charge in [-0.05, 0) is 18.6 Å². The zero-order valence-electron chi connectivity index (χ0n) is 8.79. The minimum absolute atomic E-state index is 0.0556. The normalized spacial score (nSPS) is 9.88. The van der Waals surface area contributed by atoms with Gasteiger partial charge in [0.15, 0.2) is 0 Å². The van der Waals surface area contributed by atoms with Crippen molar-refractivity contribution in [2.24, 2.45) is 0 Å². The molecule has 0 radical (unpaired) electrons. The van der Waals surface area contributed by atoms with Crippen molar-refractivity contribution in [2.75, 3.05) is 5.32 Å². The summed E-state index contributed by atoms with van der Waals surface area (Å²) in [5.74, 6) is -1.34. The minimum atomic E-state index is -0.994. The average molecular weight is 242 g/mol. The summed E-state index contributed by atoms with van der Waals surface area (Å²) in [5, 5.41) is 11.5. The Bertz CT molecular complexity index is 397. The molecule has 0 aromatic heterocycles. The van der Waals surface area contributed by atoms with Crippen LogP contribution in [-0.2, 0) is 9.59 Å². The van der Waals surface area contributed by atoms with Crippen LogP contribution in [0.25, 0.3) is 0 Å². The van der Waals surface area contributed by atoms with Gasteiger partial charge >= 0.3 is 5.97 Å². The topological polar surface area (TPSA) is 66.4 Å². The monoisotopic (exact) mass is 241 g/mol. The second-order valence-electron chi connectivity index (χ2n) is 3.37. The van der Waals surface area contributed by atoms with E-state index >= 15 is 0 Å². The van der Waals surface area contributed by atoms with Crippen LogP contribution in [-0.4, -0.2) is 17.0 Å². The van der Waals surface area contributed by atoms with E-state index in [4.69, 9.17) is 16.7 Å². The molecule has 0 saturated heterocycles. The first-order valence-corrected chi connectivity index (χ1v) is 5.15. The number of carboxylic acids is 1. The molecule has 0 saturated carbocycles. The van der Waals surface area contributed by atoms with E-state index in [1.807, 2.05) is 13.0 Å². The number of carbonyl (C=O) groups excluding carboxylic acids is 1. The number of anilines is 1. The van der Waals surface area contributed by atoms with E-state index in [-0.39, 0.29) is 18.7 Å². The number of carbonyl (C=O) groups is 2. The van der Waals surface area contributed by atoms with Crippen molar-refractivity contribution < 1.29 is 14.7 Å². The zero-order valence-corrected chi connectivity index (χ0v) is 9.54. The molecule has 16 heavy (non-hydrogen) atoms. The van der Waals surface area contributed by atoms with E-state index in [1.54, 1.807) is 12.1 Å². The molecule has 2 N–H and O–H groups in total. The summed E-state index contributed by atoms with van der Waals surface area (Å²) < 4.78 is 0. The molecule has 0 atom stereocenters. The molecule has 0 aliphatic rings. The standard InChI is InChI=1S/C11H12ClNO3/c1-7-3-2-4-8(12)11(7)13-9(14)5-6-10(15)16/h2-4H,5-6H2,1H3,(H,13,14)(H,15,16). The highest BCUT2D eigenvalue weighted by molar-refractivity contribution is 6.33. The Hall–Kier alpha value is -1.55. The van der Waals surface area contributed by atoms with Gasteiger partial charge in [-0.2, -0.15) is 0 Å². The van der Waals surface area contributed by atoms with E-state index in [0.29, 0.717) is 10.7 Å². The first-order chi connectivity index (χ1) is 7.50. The molecule has 0 bridgehead atoms. The Morgan fingerprint density at radius 2 is 2.06 bits per heavy atom. The quantitative estimate of drug-likeness (QED) is 0.851. The Morgan fingerprint density at radius 3 is 2.62 bits per heavy atom. The fourth-order valence-electron chi connectivity index (χ4n) is 1.21. The van der Waals surface area contributed by atoms with Gasteiger partial charge in [-0.25, -0.2) is 0 Å². The summed E-state index contributed by atoms with van der Waals surface area (Å²) in [5.41, 5.74) is 1.38. The number of aliphatic carboxylic acids is 1. The van der Waals surface area contributed by atoms with Crippen LogP contribution < -0.4 is 5.32 Å². The van der Waals surface area contributed by atoms with Crippen LogP contribution in [0.4, 0.5) is 5.69 Å². The van der Waals surface area contributed by atoms with Crippen LogP contribution in [0, 0.1) is 6.92 Å². The lowest BCUT2D eigenvalue weighted by molar-refractivity contribution is -0.138. The summed E-state index contributed by atoms with van der Waals surface area (Å²) in [7, 11) is 0. The van der Waals surface area contributed by atoms with Crippen LogP contribution in [0.3, 0.4) is 0 Å². The molecule has 0 unspecified atom stereocenters. The van der Waals surface area contributed by atoms with Crippen LogP contribution in [0.1, 0.15) is 18.4 Å². The van der Waals surface area contributed by atoms with E-state index in [2.05, 4.69) is 5.32 Å². The van der Waals surface area contributed by atoms with Crippen LogP contribution >= 0.6 is 11.6 Å². The molecule has 1 aromatic rings. The fourth-order valence-corrected chi connectivity index (χ4v) is 1.48. The van der Waals surface area contributed by atoms with Gasteiger partial charge in [0.2, 0.25) is 5.91 Å². The first-order valence-electron chi connectivity index (χ1n) is 4.77. The van der Waals surface area contributed by atoms with Crippen molar-refractivity contribution in [3.05, 3.63) is 28.8 Å². The third-order valence-corrected chi connectivity index (χ3v) is 2.37. The van der Waals surface area contributed by atoms with E-state index < -0.39 is 5.97 Å². The van der Waals surface area contributed by atoms with Crippen molar-refractivity contribution in [3.63, 3.8) is 0 Å². The van der Waals surface area contributed by atoms with E-state index in [9.17, 15) is 9.59 Å². The van der Waals surface area contributed by atoms with E-state index in [1.165, 1.54) is 0 Å². The number of hydrogen-bond acceptors (Lipinski definition) is 2. The highest BCUT2D eigenvalue weighted by Gasteiger charge is 2.09. The number of hydrogen-bond donors (Lipinski definition) is 2. The predicted octanol–water partition coefficient (Wildman–Crippen LogP) is 2.45. The molecular formula is C11H12ClNO3. The Labute approximate surface area is 98.2 Å².